The Kier molecular flexibility index (Phi) is 11.5. The number of benzene rings is 1. The molecule has 196 valence electrons. The van der Waals surface area contributed by atoms with E-state index in [1.54, 1.807) is 39.8 Å². The monoisotopic (exact) mass is 495 g/mol. The molecule has 2 unspecified atom stereocenters. The summed E-state index contributed by atoms with van der Waals surface area (Å²) in [4.78, 5) is 51.8. The number of hydrogen-bond donors (Lipinski definition) is 4. The fourth-order valence-electron chi connectivity index (χ4n) is 3.21. The fraction of sp³-hybridized carbons (Fsp3) is 0.583. The predicted molar refractivity (Wildman–Crippen MR) is 127 cm³/mol. The van der Waals surface area contributed by atoms with Crippen LogP contribution in [0.3, 0.4) is 0 Å². The lowest BCUT2D eigenvalue weighted by Crippen LogP contribution is -2.54. The number of aromatic hydroxyl groups is 1. The molecular weight excluding hydrogens is 458 g/mol. The maximum atomic E-state index is 13.5. The molecule has 0 spiro atoms. The minimum absolute atomic E-state index is 0.0749. The van der Waals surface area contributed by atoms with Crippen LogP contribution in [0.5, 0.6) is 5.75 Å². The highest BCUT2D eigenvalue weighted by Crippen LogP contribution is 2.32. The first-order chi connectivity index (χ1) is 16.4. The molecule has 2 atom stereocenters. The van der Waals surface area contributed by atoms with E-state index in [-0.39, 0.29) is 17.9 Å². The van der Waals surface area contributed by atoms with Crippen LogP contribution in [0.2, 0.25) is 0 Å². The number of phenolic OH excluding ortho intramolecular Hbond substituents is 1. The Morgan fingerprint density at radius 2 is 1.83 bits per heavy atom. The first-order valence-electron chi connectivity index (χ1n) is 11.4. The van der Waals surface area contributed by atoms with Crippen molar-refractivity contribution in [2.45, 2.75) is 65.1 Å². The van der Waals surface area contributed by atoms with E-state index in [9.17, 15) is 29.4 Å². The van der Waals surface area contributed by atoms with Gasteiger partial charge in [-0.25, -0.2) is 4.79 Å². The highest BCUT2D eigenvalue weighted by atomic mass is 16.6. The van der Waals surface area contributed by atoms with E-state index < -0.39 is 54.7 Å². The van der Waals surface area contributed by atoms with Crippen molar-refractivity contribution in [3.8, 4) is 5.75 Å². The molecule has 0 aliphatic rings. The lowest BCUT2D eigenvalue weighted by atomic mass is 9.99. The lowest BCUT2D eigenvalue weighted by molar-refractivity contribution is -0.145. The second-order valence-corrected chi connectivity index (χ2v) is 8.98. The number of methoxy groups -OCH3 is 1. The fourth-order valence-corrected chi connectivity index (χ4v) is 3.21. The van der Waals surface area contributed by atoms with E-state index in [2.05, 4.69) is 15.4 Å². The summed E-state index contributed by atoms with van der Waals surface area (Å²) in [5.74, 6) is -2.39. The first kappa shape index (κ1) is 29.7. The number of phenols is 1. The van der Waals surface area contributed by atoms with Crippen molar-refractivity contribution >= 4 is 23.9 Å². The van der Waals surface area contributed by atoms with Gasteiger partial charge in [-0.05, 0) is 39.7 Å². The summed E-state index contributed by atoms with van der Waals surface area (Å²) >= 11 is 0. The standard InChI is InChI=1S/C24H37N3O8/c1-7-8-12-27(22(32)17(14-28)26-23(33)35-24(3,4)5)19(21(31)25-13-18(29)34-6)16-11-9-10-15(2)20(16)30/h9-11,17,19,28,30H,7-8,12-14H2,1-6H3,(H,25,31)(H,26,33). The van der Waals surface area contributed by atoms with Crippen molar-refractivity contribution in [3.05, 3.63) is 29.3 Å². The Labute approximate surface area is 205 Å². The van der Waals surface area contributed by atoms with Crippen LogP contribution in [-0.2, 0) is 23.9 Å². The van der Waals surface area contributed by atoms with Gasteiger partial charge in [0.2, 0.25) is 11.8 Å². The number of hydrogen-bond acceptors (Lipinski definition) is 8. The molecular formula is C24H37N3O8. The third-order valence-corrected chi connectivity index (χ3v) is 4.97. The number of amides is 3. The normalized spacial score (nSPS) is 12.8. The smallest absolute Gasteiger partial charge is 0.408 e. The maximum absolute atomic E-state index is 13.5. The molecule has 0 radical (unpaired) electrons. The molecule has 0 saturated heterocycles. The quantitative estimate of drug-likeness (QED) is 0.337. The van der Waals surface area contributed by atoms with Gasteiger partial charge in [0.25, 0.3) is 0 Å². The number of nitrogens with zero attached hydrogens (tertiary/aromatic N) is 1. The number of aliphatic hydroxyl groups is 1. The minimum atomic E-state index is -1.41. The number of carbonyl (C=O) groups is 4. The summed E-state index contributed by atoms with van der Waals surface area (Å²) in [6, 6.07) is 1.99. The van der Waals surface area contributed by atoms with E-state index >= 15 is 0 Å². The SMILES string of the molecule is CCCCN(C(=O)C(CO)NC(=O)OC(C)(C)C)C(C(=O)NCC(=O)OC)c1cccc(C)c1O. The zero-order valence-corrected chi connectivity index (χ0v) is 21.2. The lowest BCUT2D eigenvalue weighted by Gasteiger charge is -2.34. The molecule has 3 amide bonds. The summed E-state index contributed by atoms with van der Waals surface area (Å²) in [7, 11) is 1.17. The third-order valence-electron chi connectivity index (χ3n) is 4.97. The van der Waals surface area contributed by atoms with Gasteiger partial charge < -0.3 is 35.2 Å². The second-order valence-electron chi connectivity index (χ2n) is 8.98. The largest absolute Gasteiger partial charge is 0.507 e. The Balaban J connectivity index is 3.44. The summed E-state index contributed by atoms with van der Waals surface area (Å²) in [5.41, 5.74) is -0.230. The summed E-state index contributed by atoms with van der Waals surface area (Å²) in [5, 5.41) is 25.4. The van der Waals surface area contributed by atoms with Crippen molar-refractivity contribution < 1.29 is 38.9 Å². The molecule has 4 N–H and O–H groups in total. The summed E-state index contributed by atoms with van der Waals surface area (Å²) in [6.45, 7) is 7.35. The van der Waals surface area contributed by atoms with E-state index in [4.69, 9.17) is 4.74 Å². The first-order valence-corrected chi connectivity index (χ1v) is 11.4. The van der Waals surface area contributed by atoms with Gasteiger partial charge in [0.1, 0.15) is 30.0 Å². The molecule has 1 aromatic rings. The number of ether oxygens (including phenoxy) is 2. The summed E-state index contributed by atoms with van der Waals surface area (Å²) < 4.78 is 9.75. The average Bonchev–Trinajstić information content (AvgIpc) is 2.79. The number of rotatable bonds is 11. The van der Waals surface area contributed by atoms with Crippen LogP contribution in [0.1, 0.15) is 57.7 Å². The highest BCUT2D eigenvalue weighted by molar-refractivity contribution is 5.93. The van der Waals surface area contributed by atoms with E-state index in [0.717, 1.165) is 0 Å². The van der Waals surface area contributed by atoms with Crippen LogP contribution in [-0.4, -0.2) is 77.4 Å². The molecule has 0 bridgehead atoms. The van der Waals surface area contributed by atoms with E-state index in [1.165, 1.54) is 18.1 Å². The molecule has 0 heterocycles. The van der Waals surface area contributed by atoms with Gasteiger partial charge in [0.05, 0.1) is 13.7 Å². The van der Waals surface area contributed by atoms with Crippen molar-refractivity contribution in [3.63, 3.8) is 0 Å². The molecule has 0 saturated carbocycles. The summed E-state index contributed by atoms with van der Waals surface area (Å²) in [6.07, 6.45) is 0.248. The predicted octanol–water partition coefficient (Wildman–Crippen LogP) is 1.55. The van der Waals surface area contributed by atoms with Gasteiger partial charge in [0, 0.05) is 12.1 Å². The van der Waals surface area contributed by atoms with Crippen LogP contribution >= 0.6 is 0 Å². The number of esters is 1. The van der Waals surface area contributed by atoms with Crippen molar-refractivity contribution in [1.82, 2.24) is 15.5 Å². The van der Waals surface area contributed by atoms with E-state index in [0.29, 0.717) is 18.4 Å². The van der Waals surface area contributed by atoms with Gasteiger partial charge in [-0.2, -0.15) is 0 Å². The second kappa shape index (κ2) is 13.5. The topological polar surface area (TPSA) is 154 Å². The van der Waals surface area contributed by atoms with Crippen LogP contribution in [0, 0.1) is 6.92 Å². The number of nitrogens with one attached hydrogen (secondary N) is 2. The molecule has 0 aromatic heterocycles. The zero-order chi connectivity index (χ0) is 26.8. The average molecular weight is 496 g/mol. The molecule has 0 aliphatic heterocycles. The van der Waals surface area contributed by atoms with Crippen LogP contribution < -0.4 is 10.6 Å². The molecule has 0 aliphatic carbocycles. The molecule has 35 heavy (non-hydrogen) atoms. The minimum Gasteiger partial charge on any atom is -0.507 e. The molecule has 1 rings (SSSR count). The number of aliphatic hydroxyl groups excluding tert-OH is 1. The zero-order valence-electron chi connectivity index (χ0n) is 21.2. The number of unbranched alkanes of at least 4 members (excludes halogenated alkanes) is 1. The van der Waals surface area contributed by atoms with Crippen molar-refractivity contribution in [2.24, 2.45) is 0 Å². The number of carbonyl (C=O) groups excluding carboxylic acids is 4. The Morgan fingerprint density at radius 3 is 2.37 bits per heavy atom. The third kappa shape index (κ3) is 9.08. The van der Waals surface area contributed by atoms with Gasteiger partial charge >= 0.3 is 12.1 Å². The van der Waals surface area contributed by atoms with Crippen LogP contribution in [0.15, 0.2) is 18.2 Å². The van der Waals surface area contributed by atoms with Crippen LogP contribution in [0.25, 0.3) is 0 Å². The maximum Gasteiger partial charge on any atom is 0.408 e. The molecule has 11 nitrogen and oxygen atoms in total. The van der Waals surface area contributed by atoms with Gasteiger partial charge in [0.15, 0.2) is 0 Å². The van der Waals surface area contributed by atoms with E-state index in [1.807, 2.05) is 6.92 Å². The number of alkyl carbamates (subject to hydrolysis) is 1. The Bertz CT molecular complexity index is 897. The number of aryl methyl sites for hydroxylation is 1. The van der Waals surface area contributed by atoms with Crippen molar-refractivity contribution in [1.29, 1.82) is 0 Å². The van der Waals surface area contributed by atoms with Gasteiger partial charge in [-0.15, -0.1) is 0 Å². The Morgan fingerprint density at radius 1 is 1.17 bits per heavy atom. The van der Waals surface area contributed by atoms with Crippen molar-refractivity contribution in [2.75, 3.05) is 26.8 Å². The highest BCUT2D eigenvalue weighted by Gasteiger charge is 2.37. The molecule has 0 fully saturated rings. The molecule has 1 aromatic carbocycles. The number of para-hydroxylation sites is 1. The molecule has 11 heteroatoms. The Hall–Kier alpha value is -3.34. The van der Waals surface area contributed by atoms with Crippen LogP contribution in [0.4, 0.5) is 4.79 Å². The van der Waals surface area contributed by atoms with Gasteiger partial charge in [-0.3, -0.25) is 14.4 Å². The van der Waals surface area contributed by atoms with Gasteiger partial charge in [-0.1, -0.05) is 31.5 Å².